The average molecular weight is 585 g/mol. The summed E-state index contributed by atoms with van der Waals surface area (Å²) in [5, 5.41) is 10.00. The molecule has 3 aliphatic rings. The molecule has 7 nitrogen and oxygen atoms in total. The third kappa shape index (κ3) is 5.04. The lowest BCUT2D eigenvalue weighted by Gasteiger charge is -2.39. The molecule has 3 aliphatic heterocycles. The lowest BCUT2D eigenvalue weighted by atomic mass is 9.70. The summed E-state index contributed by atoms with van der Waals surface area (Å²) in [4.78, 5) is 47.4. The number of unbranched alkanes of at least 4 members (excludes halogenated alkanes) is 2. The second-order valence-electron chi connectivity index (χ2n) is 10.3. The van der Waals surface area contributed by atoms with Gasteiger partial charge in [0.2, 0.25) is 17.7 Å². The van der Waals surface area contributed by atoms with E-state index in [-0.39, 0.29) is 34.4 Å². The first kappa shape index (κ1) is 29.2. The van der Waals surface area contributed by atoms with E-state index in [1.54, 1.807) is 40.6 Å². The first-order chi connectivity index (χ1) is 17.2. The third-order valence-corrected chi connectivity index (χ3v) is 11.1. The van der Waals surface area contributed by atoms with Crippen molar-refractivity contribution in [1.29, 1.82) is 0 Å². The maximum absolute atomic E-state index is 14.2. The minimum absolute atomic E-state index is 0.0281. The van der Waals surface area contributed by atoms with E-state index in [0.717, 1.165) is 25.7 Å². The van der Waals surface area contributed by atoms with Gasteiger partial charge in [0.15, 0.2) is 0 Å². The van der Waals surface area contributed by atoms with Crippen LogP contribution in [0.3, 0.4) is 0 Å². The summed E-state index contributed by atoms with van der Waals surface area (Å²) in [5.41, 5.74) is 0. The van der Waals surface area contributed by atoms with Crippen LogP contribution < -0.4 is 0 Å². The summed E-state index contributed by atoms with van der Waals surface area (Å²) in [7, 11) is 0. The predicted molar refractivity (Wildman–Crippen MR) is 149 cm³/mol. The Balaban J connectivity index is 2.05. The maximum atomic E-state index is 14.2. The number of likely N-dealkylation sites (tertiary alicyclic amines) is 1. The van der Waals surface area contributed by atoms with Gasteiger partial charge in [-0.05, 0) is 26.2 Å². The summed E-state index contributed by atoms with van der Waals surface area (Å²) in [6.45, 7) is 15.4. The SMILES string of the molecule is C=CCN(CCCCC)C(=O)C1N([C@H](C)CO)C(=O)[C@@H]2[C@@H](C(=O)N(CC=C)CCC)[C@@H]3SC12CC3Br. The van der Waals surface area contributed by atoms with Gasteiger partial charge >= 0.3 is 0 Å². The number of rotatable bonds is 14. The summed E-state index contributed by atoms with van der Waals surface area (Å²) in [5.74, 6) is -1.40. The van der Waals surface area contributed by atoms with Crippen molar-refractivity contribution in [2.45, 2.75) is 79.8 Å². The third-order valence-electron chi connectivity index (χ3n) is 7.83. The van der Waals surface area contributed by atoms with E-state index in [4.69, 9.17) is 0 Å². The van der Waals surface area contributed by atoms with E-state index in [0.29, 0.717) is 32.6 Å². The van der Waals surface area contributed by atoms with Crippen molar-refractivity contribution in [3.05, 3.63) is 25.3 Å². The molecule has 0 aromatic rings. The lowest BCUT2D eigenvalue weighted by molar-refractivity contribution is -0.146. The predicted octanol–water partition coefficient (Wildman–Crippen LogP) is 3.46. The Morgan fingerprint density at radius 2 is 1.81 bits per heavy atom. The standard InChI is InChI=1S/C27H42BrN3O4S/c1-6-10-11-15-30(14-9-4)26(35)23-27-16-19(28)22(36-27)20(24(33)29(12-7-2)13-8-3)21(27)25(34)31(23)18(5)17-32/h7,9,18-23,32H,2,4,6,8,10-17H2,1,3,5H3/t18-,19?,20-,21+,22-,23?,27?/m1/s1. The van der Waals surface area contributed by atoms with Crippen LogP contribution in [0.4, 0.5) is 0 Å². The molecule has 0 aromatic carbocycles. The van der Waals surface area contributed by atoms with Gasteiger partial charge in [-0.15, -0.1) is 24.9 Å². The van der Waals surface area contributed by atoms with Gasteiger partial charge in [0.1, 0.15) is 6.04 Å². The molecule has 2 bridgehead atoms. The molecule has 1 N–H and O–H groups in total. The number of hydrogen-bond acceptors (Lipinski definition) is 5. The smallest absolute Gasteiger partial charge is 0.247 e. The van der Waals surface area contributed by atoms with Gasteiger partial charge in [-0.3, -0.25) is 14.4 Å². The highest BCUT2D eigenvalue weighted by molar-refractivity contribution is 9.09. The molecule has 0 aliphatic carbocycles. The van der Waals surface area contributed by atoms with Crippen LogP contribution in [0, 0.1) is 11.8 Å². The van der Waals surface area contributed by atoms with Crippen LogP contribution in [-0.4, -0.2) is 97.2 Å². The first-order valence-corrected chi connectivity index (χ1v) is 15.1. The molecule has 1 spiro atoms. The summed E-state index contributed by atoms with van der Waals surface area (Å²) in [6, 6.07) is -1.23. The average Bonchev–Trinajstić information content (AvgIpc) is 3.45. The highest BCUT2D eigenvalue weighted by Crippen LogP contribution is 2.68. The molecule has 0 aromatic heterocycles. The van der Waals surface area contributed by atoms with Crippen LogP contribution in [0.25, 0.3) is 0 Å². The Morgan fingerprint density at radius 1 is 1.17 bits per heavy atom. The van der Waals surface area contributed by atoms with Gasteiger partial charge in [0.05, 0.1) is 29.2 Å². The molecule has 3 heterocycles. The molecule has 3 amide bonds. The number of aliphatic hydroxyl groups is 1. The minimum atomic E-state index is -0.717. The van der Waals surface area contributed by atoms with Gasteiger partial charge in [0, 0.05) is 36.3 Å². The number of carbonyl (C=O) groups is 3. The molecular formula is C27H42BrN3O4S. The number of fused-ring (bicyclic) bond motifs is 1. The van der Waals surface area contributed by atoms with Gasteiger partial charge in [0.25, 0.3) is 0 Å². The Labute approximate surface area is 228 Å². The van der Waals surface area contributed by atoms with E-state index in [1.807, 2.05) is 11.8 Å². The topological polar surface area (TPSA) is 81.2 Å². The molecule has 3 fully saturated rings. The molecular weight excluding hydrogens is 542 g/mol. The zero-order valence-corrected chi connectivity index (χ0v) is 24.3. The fourth-order valence-corrected chi connectivity index (χ4v) is 9.88. The van der Waals surface area contributed by atoms with Crippen molar-refractivity contribution < 1.29 is 19.5 Å². The van der Waals surface area contributed by atoms with Crippen LogP contribution in [-0.2, 0) is 14.4 Å². The highest BCUT2D eigenvalue weighted by Gasteiger charge is 2.76. The molecule has 7 atom stereocenters. The number of aliphatic hydroxyl groups excluding tert-OH is 1. The van der Waals surface area contributed by atoms with Crippen molar-refractivity contribution in [2.75, 3.05) is 32.8 Å². The molecule has 36 heavy (non-hydrogen) atoms. The number of amides is 3. The molecule has 3 saturated heterocycles. The quantitative estimate of drug-likeness (QED) is 0.192. The number of hydrogen-bond donors (Lipinski definition) is 1. The van der Waals surface area contributed by atoms with E-state index in [9.17, 15) is 19.5 Å². The number of halogens is 1. The van der Waals surface area contributed by atoms with Crippen molar-refractivity contribution in [2.24, 2.45) is 11.8 Å². The largest absolute Gasteiger partial charge is 0.394 e. The van der Waals surface area contributed by atoms with Crippen LogP contribution in [0.2, 0.25) is 0 Å². The number of carbonyl (C=O) groups excluding carboxylic acids is 3. The minimum Gasteiger partial charge on any atom is -0.394 e. The van der Waals surface area contributed by atoms with Crippen molar-refractivity contribution >= 4 is 45.4 Å². The van der Waals surface area contributed by atoms with Crippen molar-refractivity contribution in [3.8, 4) is 0 Å². The van der Waals surface area contributed by atoms with Gasteiger partial charge < -0.3 is 19.8 Å². The highest BCUT2D eigenvalue weighted by atomic mass is 79.9. The van der Waals surface area contributed by atoms with Crippen molar-refractivity contribution in [1.82, 2.24) is 14.7 Å². The van der Waals surface area contributed by atoms with E-state index >= 15 is 0 Å². The summed E-state index contributed by atoms with van der Waals surface area (Å²) < 4.78 is -0.701. The Kier molecular flexibility index (Phi) is 10.1. The fraction of sp³-hybridized carbons (Fsp3) is 0.741. The monoisotopic (exact) mass is 583 g/mol. The Hall–Kier alpha value is -1.32. The van der Waals surface area contributed by atoms with E-state index < -0.39 is 28.7 Å². The summed E-state index contributed by atoms with van der Waals surface area (Å²) in [6.07, 6.45) is 7.85. The first-order valence-electron chi connectivity index (χ1n) is 13.3. The molecule has 202 valence electrons. The van der Waals surface area contributed by atoms with Crippen LogP contribution in [0.1, 0.15) is 52.9 Å². The van der Waals surface area contributed by atoms with Gasteiger partial charge in [-0.2, -0.15) is 0 Å². The molecule has 0 radical (unpaired) electrons. The zero-order valence-electron chi connectivity index (χ0n) is 21.9. The van der Waals surface area contributed by atoms with Crippen LogP contribution in [0.15, 0.2) is 25.3 Å². The van der Waals surface area contributed by atoms with E-state index in [1.165, 1.54) is 0 Å². The Bertz CT molecular complexity index is 857. The second-order valence-corrected chi connectivity index (χ2v) is 13.0. The van der Waals surface area contributed by atoms with Gasteiger partial charge in [-0.1, -0.05) is 54.8 Å². The van der Waals surface area contributed by atoms with E-state index in [2.05, 4.69) is 36.0 Å². The zero-order chi connectivity index (χ0) is 26.6. The fourth-order valence-electron chi connectivity index (χ4n) is 6.29. The summed E-state index contributed by atoms with van der Waals surface area (Å²) >= 11 is 5.47. The lowest BCUT2D eigenvalue weighted by Crippen LogP contribution is -2.57. The second kappa shape index (κ2) is 12.5. The Morgan fingerprint density at radius 3 is 2.36 bits per heavy atom. The molecule has 0 saturated carbocycles. The van der Waals surface area contributed by atoms with Crippen LogP contribution in [0.5, 0.6) is 0 Å². The van der Waals surface area contributed by atoms with Crippen LogP contribution >= 0.6 is 27.7 Å². The van der Waals surface area contributed by atoms with Gasteiger partial charge in [-0.25, -0.2) is 0 Å². The molecule has 3 unspecified atom stereocenters. The number of thioether (sulfide) groups is 1. The number of nitrogens with zero attached hydrogens (tertiary/aromatic N) is 3. The molecule has 9 heteroatoms. The maximum Gasteiger partial charge on any atom is 0.247 e. The normalized spacial score (nSPS) is 31.3. The van der Waals surface area contributed by atoms with Crippen molar-refractivity contribution in [3.63, 3.8) is 0 Å². The number of alkyl halides is 1. The molecule has 3 rings (SSSR count).